The highest BCUT2D eigenvalue weighted by Gasteiger charge is 2.65. The average molecular weight is 315 g/mol. The fourth-order valence-corrected chi connectivity index (χ4v) is 7.47. The first-order valence-corrected chi connectivity index (χ1v) is 9.34. The van der Waals surface area contributed by atoms with E-state index in [1.54, 1.807) is 0 Å². The van der Waals surface area contributed by atoms with Crippen LogP contribution in [0.4, 0.5) is 0 Å². The third-order valence-electron chi connectivity index (χ3n) is 7.87. The Balaban J connectivity index is 1.42. The summed E-state index contributed by atoms with van der Waals surface area (Å²) in [5, 5.41) is 11.0. The van der Waals surface area contributed by atoms with Gasteiger partial charge in [0.2, 0.25) is 5.91 Å². The van der Waals surface area contributed by atoms with Crippen molar-refractivity contribution in [1.29, 1.82) is 0 Å². The van der Waals surface area contributed by atoms with Crippen molar-refractivity contribution in [2.24, 2.45) is 33.9 Å². The zero-order valence-electron chi connectivity index (χ0n) is 13.4. The quantitative estimate of drug-likeness (QED) is 0.759. The minimum Gasteiger partial charge on any atom is -0.390 e. The third-order valence-corrected chi connectivity index (χ3v) is 7.87. The number of amides is 1. The number of nitrogens with two attached hydrogens (primary N) is 1. The summed E-state index contributed by atoms with van der Waals surface area (Å²) in [4.78, 5) is 20.1. The maximum absolute atomic E-state index is 13.3. The van der Waals surface area contributed by atoms with Crippen LogP contribution in [0, 0.1) is 23.2 Å². The van der Waals surface area contributed by atoms with Gasteiger partial charge in [-0.1, -0.05) is 0 Å². The summed E-state index contributed by atoms with van der Waals surface area (Å²) < 4.78 is 0. The van der Waals surface area contributed by atoms with Crippen LogP contribution < -0.4 is 5.73 Å². The van der Waals surface area contributed by atoms with Crippen LogP contribution in [0.2, 0.25) is 0 Å². The van der Waals surface area contributed by atoms with E-state index >= 15 is 0 Å². The van der Waals surface area contributed by atoms with Gasteiger partial charge in [-0.3, -0.25) is 9.79 Å². The molecular weight excluding hydrogens is 290 g/mol. The van der Waals surface area contributed by atoms with Crippen LogP contribution >= 0.6 is 0 Å². The molecule has 23 heavy (non-hydrogen) atoms. The molecule has 8 atom stereocenters. The molecule has 0 aromatic rings. The van der Waals surface area contributed by atoms with Crippen molar-refractivity contribution in [2.75, 3.05) is 0 Å². The van der Waals surface area contributed by atoms with Gasteiger partial charge in [0.1, 0.15) is 11.9 Å². The molecule has 1 saturated heterocycles. The molecular formula is C18H25N3O2. The van der Waals surface area contributed by atoms with E-state index in [2.05, 4.69) is 4.90 Å². The van der Waals surface area contributed by atoms with Crippen molar-refractivity contribution in [3.8, 4) is 0 Å². The van der Waals surface area contributed by atoms with Crippen molar-refractivity contribution in [3.05, 3.63) is 0 Å². The van der Waals surface area contributed by atoms with E-state index in [9.17, 15) is 9.90 Å². The molecule has 7 rings (SSSR count). The number of hydrogen-bond acceptors (Lipinski definition) is 4. The first-order chi connectivity index (χ1) is 11.0. The summed E-state index contributed by atoms with van der Waals surface area (Å²) in [5.74, 6) is 2.73. The van der Waals surface area contributed by atoms with Crippen molar-refractivity contribution in [3.63, 3.8) is 0 Å². The number of amidine groups is 1. The van der Waals surface area contributed by atoms with Crippen molar-refractivity contribution in [2.45, 2.75) is 75.1 Å². The van der Waals surface area contributed by atoms with Gasteiger partial charge in [-0.05, 0) is 69.1 Å². The predicted octanol–water partition coefficient (Wildman–Crippen LogP) is 1.05. The van der Waals surface area contributed by atoms with Gasteiger partial charge in [0.15, 0.2) is 0 Å². The molecule has 2 heterocycles. The van der Waals surface area contributed by atoms with Gasteiger partial charge < -0.3 is 15.7 Å². The minimum atomic E-state index is -0.543. The van der Waals surface area contributed by atoms with E-state index < -0.39 is 5.60 Å². The lowest BCUT2D eigenvalue weighted by molar-refractivity contribution is -0.178. The number of hydrogen-bond donors (Lipinski definition) is 2. The molecule has 7 aliphatic rings. The van der Waals surface area contributed by atoms with Gasteiger partial charge in [0, 0.05) is 11.5 Å². The number of carbonyl (C=O) groups excluding carboxylic acids is 1. The average Bonchev–Trinajstić information content (AvgIpc) is 3.10. The lowest BCUT2D eigenvalue weighted by Gasteiger charge is -2.62. The standard InChI is InChI=1S/C18H25N3O2/c19-15-13-3-11-2-12(11)21(13)16(22)14(20-15)17-4-9-1-10(5-17)7-18(23,6-9)8-17/h9-14,23H,1-8H2,(H2,19,20)/t9-,10+,11-,12-,13+,14-,17?,18?/m0/s1. The molecule has 3 N–H and O–H groups in total. The van der Waals surface area contributed by atoms with Crippen molar-refractivity contribution < 1.29 is 9.90 Å². The lowest BCUT2D eigenvalue weighted by Crippen LogP contribution is -2.64. The summed E-state index contributed by atoms with van der Waals surface area (Å²) in [7, 11) is 0. The summed E-state index contributed by atoms with van der Waals surface area (Å²) in [6, 6.07) is 0.177. The molecule has 0 spiro atoms. The Hall–Kier alpha value is -1.10. The first kappa shape index (κ1) is 13.2. The number of piperidine rings is 1. The molecule has 124 valence electrons. The minimum absolute atomic E-state index is 0.0690. The molecule has 0 aromatic heterocycles. The smallest absolute Gasteiger partial charge is 0.248 e. The van der Waals surface area contributed by atoms with Crippen LogP contribution in [0.15, 0.2) is 4.99 Å². The van der Waals surface area contributed by atoms with Crippen molar-refractivity contribution >= 4 is 11.7 Å². The van der Waals surface area contributed by atoms with Gasteiger partial charge in [-0.25, -0.2) is 0 Å². The highest BCUT2D eigenvalue weighted by Crippen LogP contribution is 2.64. The van der Waals surface area contributed by atoms with Gasteiger partial charge in [0.25, 0.3) is 0 Å². The fraction of sp³-hybridized carbons (Fsp3) is 0.889. The van der Waals surface area contributed by atoms with E-state index in [0.29, 0.717) is 29.6 Å². The Kier molecular flexibility index (Phi) is 2.16. The molecule has 0 aromatic carbocycles. The van der Waals surface area contributed by atoms with Gasteiger partial charge >= 0.3 is 0 Å². The largest absolute Gasteiger partial charge is 0.390 e. The molecule has 2 aliphatic heterocycles. The topological polar surface area (TPSA) is 78.9 Å². The molecule has 4 bridgehead atoms. The summed E-state index contributed by atoms with van der Waals surface area (Å²) in [6.45, 7) is 0. The highest BCUT2D eigenvalue weighted by molar-refractivity contribution is 5.99. The van der Waals surface area contributed by atoms with E-state index in [0.717, 1.165) is 44.9 Å². The Bertz CT molecular complexity index is 630. The number of rotatable bonds is 1. The summed E-state index contributed by atoms with van der Waals surface area (Å²) in [6.07, 6.45) is 8.15. The normalized spacial score (nSPS) is 58.9. The van der Waals surface area contributed by atoms with Gasteiger partial charge in [0.05, 0.1) is 11.6 Å². The molecule has 5 saturated carbocycles. The van der Waals surface area contributed by atoms with Crippen LogP contribution in [0.3, 0.4) is 0 Å². The zero-order chi connectivity index (χ0) is 15.6. The van der Waals surface area contributed by atoms with Gasteiger partial charge in [-0.2, -0.15) is 0 Å². The second kappa shape index (κ2) is 3.76. The number of carbonyl (C=O) groups is 1. The predicted molar refractivity (Wildman–Crippen MR) is 84.6 cm³/mol. The second-order valence-electron chi connectivity index (χ2n) is 9.56. The van der Waals surface area contributed by atoms with Crippen LogP contribution in [-0.4, -0.2) is 45.5 Å². The van der Waals surface area contributed by atoms with Crippen LogP contribution in [-0.2, 0) is 4.79 Å². The third kappa shape index (κ3) is 1.57. The van der Waals surface area contributed by atoms with E-state index in [4.69, 9.17) is 10.7 Å². The molecule has 5 aliphatic carbocycles. The Morgan fingerprint density at radius 2 is 1.87 bits per heavy atom. The van der Waals surface area contributed by atoms with E-state index in [1.165, 1.54) is 6.42 Å². The molecule has 5 heteroatoms. The molecule has 6 fully saturated rings. The maximum Gasteiger partial charge on any atom is 0.248 e. The fourth-order valence-electron chi connectivity index (χ4n) is 7.47. The maximum atomic E-state index is 13.3. The Morgan fingerprint density at radius 3 is 2.57 bits per heavy atom. The first-order valence-electron chi connectivity index (χ1n) is 9.34. The molecule has 5 nitrogen and oxygen atoms in total. The van der Waals surface area contributed by atoms with Crippen molar-refractivity contribution in [1.82, 2.24) is 4.90 Å². The Morgan fingerprint density at radius 1 is 1.13 bits per heavy atom. The lowest BCUT2D eigenvalue weighted by atomic mass is 9.46. The number of nitrogens with zero attached hydrogens (tertiary/aromatic N) is 2. The second-order valence-corrected chi connectivity index (χ2v) is 9.56. The number of aliphatic hydroxyl groups is 1. The van der Waals surface area contributed by atoms with Crippen LogP contribution in [0.1, 0.15) is 51.4 Å². The van der Waals surface area contributed by atoms with Gasteiger partial charge in [-0.15, -0.1) is 0 Å². The Labute approximate surface area is 136 Å². The zero-order valence-corrected chi connectivity index (χ0v) is 13.4. The van der Waals surface area contributed by atoms with Crippen LogP contribution in [0.25, 0.3) is 0 Å². The van der Waals surface area contributed by atoms with Crippen LogP contribution in [0.5, 0.6) is 0 Å². The summed E-state index contributed by atoms with van der Waals surface area (Å²) >= 11 is 0. The SMILES string of the molecule is NC1=N[C@H](C23C[C@@H]4C[C@@H](CC(O)(C4)C2)C3)C(=O)N2[C@@H]1C[C@@H]1C[C@@H]12. The number of aliphatic imine (C=N–C) groups is 1. The van der Waals surface area contributed by atoms with E-state index in [-0.39, 0.29) is 23.4 Å². The number of fused-ring (bicyclic) bond motifs is 3. The molecule has 0 radical (unpaired) electrons. The van der Waals surface area contributed by atoms with E-state index in [1.807, 2.05) is 0 Å². The molecule has 1 amide bonds. The summed E-state index contributed by atoms with van der Waals surface area (Å²) in [5.41, 5.74) is 5.63. The highest BCUT2D eigenvalue weighted by atomic mass is 16.3. The molecule has 2 unspecified atom stereocenters. The monoisotopic (exact) mass is 315 g/mol.